The molecule has 0 bridgehead atoms. The van der Waals surface area contributed by atoms with Crippen molar-refractivity contribution in [2.24, 2.45) is 5.92 Å². The van der Waals surface area contributed by atoms with Crippen LogP contribution in [0.3, 0.4) is 0 Å². The smallest absolute Gasteiger partial charge is 0.0954 e. The van der Waals surface area contributed by atoms with E-state index in [4.69, 9.17) is 0 Å². The zero-order valence-electron chi connectivity index (χ0n) is 14.9. The first-order valence-corrected chi connectivity index (χ1v) is 8.36. The lowest BCUT2D eigenvalue weighted by Gasteiger charge is -2.24. The average Bonchev–Trinajstić information content (AvgIpc) is 2.82. The Balaban J connectivity index is 2.04. The number of rotatable bonds is 7. The van der Waals surface area contributed by atoms with Gasteiger partial charge in [0.15, 0.2) is 0 Å². The summed E-state index contributed by atoms with van der Waals surface area (Å²) in [5, 5.41) is 0. The number of likely N-dealkylation sites (N-methyl/N-ethyl adjacent to an activating group) is 1. The van der Waals surface area contributed by atoms with E-state index in [1.807, 2.05) is 18.6 Å². The second-order valence-corrected chi connectivity index (χ2v) is 6.78. The molecule has 23 heavy (non-hydrogen) atoms. The Bertz CT molecular complexity index is 617. The number of nitrogens with zero attached hydrogens (tertiary/aromatic N) is 3. The van der Waals surface area contributed by atoms with Crippen LogP contribution in [0.2, 0.25) is 0 Å². The number of hydrogen-bond acceptors (Lipinski definition) is 2. The highest BCUT2D eigenvalue weighted by Gasteiger charge is 2.16. The van der Waals surface area contributed by atoms with Crippen molar-refractivity contribution in [2.75, 3.05) is 13.6 Å². The first kappa shape index (κ1) is 17.5. The standard InChI is InChI=1S/C20H29N3/c1-6-20(16(2)3)23-15-21-12-19(23)14-22(5)13-18-9-7-8-17(4)10-11-18/h6-8,10-12,15-16,20H,1,9,13-14H2,2-5H3. The van der Waals surface area contributed by atoms with E-state index < -0.39 is 0 Å². The molecule has 3 heteroatoms. The van der Waals surface area contributed by atoms with Crippen LogP contribution in [-0.2, 0) is 6.54 Å². The quantitative estimate of drug-likeness (QED) is 0.690. The third kappa shape index (κ3) is 4.80. The molecule has 0 fully saturated rings. The second kappa shape index (κ2) is 8.11. The summed E-state index contributed by atoms with van der Waals surface area (Å²) in [5.41, 5.74) is 3.99. The predicted octanol–water partition coefficient (Wildman–Crippen LogP) is 4.53. The maximum Gasteiger partial charge on any atom is 0.0954 e. The summed E-state index contributed by atoms with van der Waals surface area (Å²) in [6, 6.07) is 0.298. The third-order valence-electron chi connectivity index (χ3n) is 4.24. The van der Waals surface area contributed by atoms with Crippen molar-refractivity contribution in [3.63, 3.8) is 0 Å². The van der Waals surface area contributed by atoms with E-state index in [-0.39, 0.29) is 0 Å². The first-order chi connectivity index (χ1) is 11.0. The molecule has 1 heterocycles. The predicted molar refractivity (Wildman–Crippen MR) is 98.2 cm³/mol. The minimum atomic E-state index is 0.298. The van der Waals surface area contributed by atoms with E-state index in [1.54, 1.807) is 0 Å². The first-order valence-electron chi connectivity index (χ1n) is 8.36. The Hall–Kier alpha value is -1.87. The Morgan fingerprint density at radius 1 is 1.35 bits per heavy atom. The Labute approximate surface area is 140 Å². The molecule has 124 valence electrons. The molecule has 0 radical (unpaired) electrons. The largest absolute Gasteiger partial charge is 0.326 e. The highest BCUT2D eigenvalue weighted by molar-refractivity contribution is 5.30. The SMILES string of the molecule is C=CC(C(C)C)n1cncc1CN(C)CC1=CC=C(C)C=CC1. The summed E-state index contributed by atoms with van der Waals surface area (Å²) >= 11 is 0. The molecule has 3 nitrogen and oxygen atoms in total. The van der Waals surface area contributed by atoms with Gasteiger partial charge < -0.3 is 4.57 Å². The minimum absolute atomic E-state index is 0.298. The Morgan fingerprint density at radius 2 is 2.13 bits per heavy atom. The van der Waals surface area contributed by atoms with E-state index in [2.05, 4.69) is 73.2 Å². The Morgan fingerprint density at radius 3 is 2.83 bits per heavy atom. The molecule has 0 N–H and O–H groups in total. The maximum atomic E-state index is 4.35. The maximum absolute atomic E-state index is 4.35. The van der Waals surface area contributed by atoms with Crippen molar-refractivity contribution in [3.05, 3.63) is 66.3 Å². The molecule has 2 rings (SSSR count). The van der Waals surface area contributed by atoms with Gasteiger partial charge in [-0.2, -0.15) is 0 Å². The molecule has 1 aliphatic carbocycles. The number of allylic oxidation sites excluding steroid dienone is 6. The van der Waals surface area contributed by atoms with Crippen molar-refractivity contribution in [1.82, 2.24) is 14.5 Å². The lowest BCUT2D eigenvalue weighted by atomic mass is 10.0. The summed E-state index contributed by atoms with van der Waals surface area (Å²) in [7, 11) is 2.17. The molecule has 1 aromatic heterocycles. The third-order valence-corrected chi connectivity index (χ3v) is 4.24. The van der Waals surface area contributed by atoms with Gasteiger partial charge in [-0.1, -0.05) is 55.4 Å². The number of aromatic nitrogens is 2. The van der Waals surface area contributed by atoms with Crippen LogP contribution in [0.4, 0.5) is 0 Å². The van der Waals surface area contributed by atoms with Crippen molar-refractivity contribution >= 4 is 0 Å². The molecular weight excluding hydrogens is 282 g/mol. The monoisotopic (exact) mass is 311 g/mol. The van der Waals surface area contributed by atoms with Crippen molar-refractivity contribution in [2.45, 2.75) is 39.8 Å². The van der Waals surface area contributed by atoms with Crippen molar-refractivity contribution < 1.29 is 0 Å². The van der Waals surface area contributed by atoms with Crippen LogP contribution in [0.1, 0.15) is 38.9 Å². The summed E-state index contributed by atoms with van der Waals surface area (Å²) in [6.45, 7) is 12.4. The normalized spacial score (nSPS) is 16.3. The van der Waals surface area contributed by atoms with Gasteiger partial charge in [-0.15, -0.1) is 6.58 Å². The summed E-state index contributed by atoms with van der Waals surface area (Å²) < 4.78 is 2.25. The van der Waals surface area contributed by atoms with Crippen LogP contribution in [0.15, 0.2) is 60.6 Å². The lowest BCUT2D eigenvalue weighted by molar-refractivity contribution is 0.331. The molecule has 0 aromatic carbocycles. The van der Waals surface area contributed by atoms with Crippen LogP contribution >= 0.6 is 0 Å². The molecule has 1 unspecified atom stereocenters. The number of imidazole rings is 1. The highest BCUT2D eigenvalue weighted by Crippen LogP contribution is 2.21. The van der Waals surface area contributed by atoms with Crippen molar-refractivity contribution in [1.29, 1.82) is 0 Å². The zero-order valence-corrected chi connectivity index (χ0v) is 14.9. The van der Waals surface area contributed by atoms with Gasteiger partial charge in [-0.3, -0.25) is 4.90 Å². The number of hydrogen-bond donors (Lipinski definition) is 0. The molecule has 0 spiro atoms. The summed E-state index contributed by atoms with van der Waals surface area (Å²) in [5.74, 6) is 0.508. The highest BCUT2D eigenvalue weighted by atomic mass is 15.1. The van der Waals surface area contributed by atoms with Gasteiger partial charge in [-0.25, -0.2) is 4.98 Å². The van der Waals surface area contributed by atoms with E-state index >= 15 is 0 Å². The lowest BCUT2D eigenvalue weighted by Crippen LogP contribution is -2.24. The van der Waals surface area contributed by atoms with Gasteiger partial charge in [0.25, 0.3) is 0 Å². The van der Waals surface area contributed by atoms with Crippen LogP contribution in [0.25, 0.3) is 0 Å². The Kier molecular flexibility index (Phi) is 6.17. The minimum Gasteiger partial charge on any atom is -0.326 e. The fourth-order valence-corrected chi connectivity index (χ4v) is 3.00. The summed E-state index contributed by atoms with van der Waals surface area (Å²) in [6.07, 6.45) is 15.8. The van der Waals surface area contributed by atoms with E-state index in [1.165, 1.54) is 16.8 Å². The molecule has 1 aliphatic rings. The van der Waals surface area contributed by atoms with E-state index in [0.717, 1.165) is 19.5 Å². The molecule has 0 aliphatic heterocycles. The average molecular weight is 311 g/mol. The second-order valence-electron chi connectivity index (χ2n) is 6.78. The van der Waals surface area contributed by atoms with Gasteiger partial charge in [0.2, 0.25) is 0 Å². The van der Waals surface area contributed by atoms with Crippen LogP contribution in [0, 0.1) is 5.92 Å². The molecule has 1 aromatic rings. The van der Waals surface area contributed by atoms with Gasteiger partial charge in [0.05, 0.1) is 18.1 Å². The molecule has 0 amide bonds. The topological polar surface area (TPSA) is 21.1 Å². The summed E-state index contributed by atoms with van der Waals surface area (Å²) in [4.78, 5) is 6.70. The van der Waals surface area contributed by atoms with Gasteiger partial charge >= 0.3 is 0 Å². The van der Waals surface area contributed by atoms with Crippen LogP contribution in [-0.4, -0.2) is 28.0 Å². The molecule has 0 saturated heterocycles. The van der Waals surface area contributed by atoms with Crippen LogP contribution in [0.5, 0.6) is 0 Å². The van der Waals surface area contributed by atoms with Gasteiger partial charge in [0, 0.05) is 19.3 Å². The molecule has 0 saturated carbocycles. The van der Waals surface area contributed by atoms with Crippen LogP contribution < -0.4 is 0 Å². The fraction of sp³-hybridized carbons (Fsp3) is 0.450. The van der Waals surface area contributed by atoms with Gasteiger partial charge in [0.1, 0.15) is 0 Å². The van der Waals surface area contributed by atoms with E-state index in [9.17, 15) is 0 Å². The van der Waals surface area contributed by atoms with Gasteiger partial charge in [-0.05, 0) is 26.3 Å². The zero-order chi connectivity index (χ0) is 16.8. The van der Waals surface area contributed by atoms with E-state index in [0.29, 0.717) is 12.0 Å². The fourth-order valence-electron chi connectivity index (χ4n) is 3.00. The molecular formula is C20H29N3. The molecule has 1 atom stereocenters. The van der Waals surface area contributed by atoms with Crippen molar-refractivity contribution in [3.8, 4) is 0 Å².